The molecule has 8 aromatic rings. The zero-order chi connectivity index (χ0) is 31.7. The molecule has 0 heterocycles. The second-order valence-corrected chi connectivity index (χ2v) is 17.6. The van der Waals surface area contributed by atoms with E-state index in [2.05, 4.69) is 172 Å². The molecule has 0 unspecified atom stereocenters. The van der Waals surface area contributed by atoms with Gasteiger partial charge in [0.05, 0.1) is 0 Å². The summed E-state index contributed by atoms with van der Waals surface area (Å²) in [6.07, 6.45) is 0. The predicted octanol–water partition coefficient (Wildman–Crippen LogP) is 11.4. The number of fused-ring (bicyclic) bond motifs is 8. The fourth-order valence-corrected chi connectivity index (χ4v) is 12.3. The molecule has 0 aromatic heterocycles. The highest BCUT2D eigenvalue weighted by Gasteiger charge is 2.28. The van der Waals surface area contributed by atoms with Gasteiger partial charge >= 0.3 is 0 Å². The second-order valence-electron chi connectivity index (χ2n) is 12.9. The first-order valence-corrected chi connectivity index (χ1v) is 18.0. The van der Waals surface area contributed by atoms with Gasteiger partial charge < -0.3 is 0 Å². The predicted molar refractivity (Wildman–Crippen MR) is 205 cm³/mol. The topological polar surface area (TPSA) is 22.1 Å². The van der Waals surface area contributed by atoms with Gasteiger partial charge in [-0.3, -0.25) is 14.0 Å². The Hall–Kier alpha value is -3.96. The average molecular weight is 637 g/mol. The van der Waals surface area contributed by atoms with Crippen LogP contribution in [0.3, 0.4) is 0 Å². The van der Waals surface area contributed by atoms with E-state index in [0.717, 1.165) is 0 Å². The standard InChI is InChI=1S/C40H37N4PS/c1-42(2)45(43(3)4,44(5)6)41-46-40-13-9-12-28-18-33-19-29-14-15-30-20-34-21-31-16-26-10-7-8-11-27(26)17-32(31)22-35(34)23-37(30)38(29)24-36(33)25-39(28)40/h7-25H,1-6H3. The largest absolute Gasteiger partial charge is 0.251 e. The molecule has 0 fully saturated rings. The highest BCUT2D eigenvalue weighted by Crippen LogP contribution is 2.57. The molecule has 0 aliphatic rings. The van der Waals surface area contributed by atoms with Gasteiger partial charge in [0, 0.05) is 16.8 Å². The van der Waals surface area contributed by atoms with Crippen molar-refractivity contribution in [3.05, 3.63) is 115 Å². The van der Waals surface area contributed by atoms with Gasteiger partial charge in [0.25, 0.3) is 0 Å². The second kappa shape index (κ2) is 11.1. The third kappa shape index (κ3) is 4.69. The SMILES string of the molecule is CN(C)P(=NSc1cccc2cc3cc4ccc5cc6cc7cc8ccccc8cc7cc6cc5c4cc3cc12)(N(C)C)N(C)C. The Kier molecular flexibility index (Phi) is 7.10. The van der Waals surface area contributed by atoms with E-state index >= 15 is 0 Å². The van der Waals surface area contributed by atoms with Gasteiger partial charge in [-0.25, -0.2) is 0 Å². The monoisotopic (exact) mass is 636 g/mol. The minimum absolute atomic E-state index is 1.18. The number of rotatable bonds is 5. The molecule has 0 bridgehead atoms. The lowest BCUT2D eigenvalue weighted by Crippen LogP contribution is -2.30. The first-order valence-electron chi connectivity index (χ1n) is 15.6. The lowest BCUT2D eigenvalue weighted by Gasteiger charge is -2.40. The van der Waals surface area contributed by atoms with Gasteiger partial charge in [0.2, 0.25) is 0 Å². The first kappa shape index (κ1) is 29.4. The smallest absolute Gasteiger partial charge is 0.178 e. The Labute approximate surface area is 274 Å². The van der Waals surface area contributed by atoms with Crippen LogP contribution >= 0.6 is 19.5 Å². The van der Waals surface area contributed by atoms with E-state index in [-0.39, 0.29) is 0 Å². The summed E-state index contributed by atoms with van der Waals surface area (Å²) < 4.78 is 12.1. The molecule has 8 rings (SSSR count). The van der Waals surface area contributed by atoms with E-state index in [4.69, 9.17) is 4.15 Å². The van der Waals surface area contributed by atoms with Crippen LogP contribution in [0, 0.1) is 0 Å². The van der Waals surface area contributed by atoms with E-state index in [0.29, 0.717) is 0 Å². The third-order valence-corrected chi connectivity index (χ3v) is 14.4. The summed E-state index contributed by atoms with van der Waals surface area (Å²) in [5.41, 5.74) is 0. The van der Waals surface area contributed by atoms with Crippen molar-refractivity contribution in [1.82, 2.24) is 14.0 Å². The third-order valence-electron chi connectivity index (χ3n) is 9.39. The van der Waals surface area contributed by atoms with Crippen LogP contribution in [-0.2, 0) is 0 Å². The van der Waals surface area contributed by atoms with Crippen LogP contribution in [0.4, 0.5) is 0 Å². The highest BCUT2D eigenvalue weighted by atomic mass is 32.2. The van der Waals surface area contributed by atoms with Crippen LogP contribution < -0.4 is 0 Å². The molecule has 6 heteroatoms. The molecule has 0 atom stereocenters. The normalized spacial score (nSPS) is 12.8. The van der Waals surface area contributed by atoms with Crippen molar-refractivity contribution in [2.24, 2.45) is 4.15 Å². The molecule has 0 amide bonds. The van der Waals surface area contributed by atoms with Crippen molar-refractivity contribution >= 4 is 94.9 Å². The molecule has 0 aliphatic heterocycles. The molecule has 0 saturated carbocycles. The van der Waals surface area contributed by atoms with Gasteiger partial charge in [-0.05, 0) is 184 Å². The number of benzene rings is 8. The van der Waals surface area contributed by atoms with Gasteiger partial charge in [-0.2, -0.15) is 4.15 Å². The highest BCUT2D eigenvalue weighted by molar-refractivity contribution is 8.01. The summed E-state index contributed by atoms with van der Waals surface area (Å²) in [5.74, 6) is 0. The van der Waals surface area contributed by atoms with Gasteiger partial charge in [0.1, 0.15) is 0 Å². The summed E-state index contributed by atoms with van der Waals surface area (Å²) in [6, 6.07) is 43.3. The zero-order valence-corrected chi connectivity index (χ0v) is 28.8. The molecule has 0 N–H and O–H groups in total. The lowest BCUT2D eigenvalue weighted by molar-refractivity contribution is 0.476. The Bertz CT molecular complexity index is 2540. The molecule has 8 aromatic carbocycles. The van der Waals surface area contributed by atoms with Crippen LogP contribution in [0.1, 0.15) is 0 Å². The number of hydrogen-bond acceptors (Lipinski definition) is 2. The molecule has 228 valence electrons. The minimum atomic E-state index is -2.02. The summed E-state index contributed by atoms with van der Waals surface area (Å²) in [7, 11) is 10.7. The summed E-state index contributed by atoms with van der Waals surface area (Å²) in [4.78, 5) is 1.18. The van der Waals surface area contributed by atoms with E-state index in [1.54, 1.807) is 11.9 Å². The Morgan fingerprint density at radius 2 is 0.761 bits per heavy atom. The van der Waals surface area contributed by atoms with Crippen LogP contribution in [0.15, 0.2) is 124 Å². The van der Waals surface area contributed by atoms with Crippen LogP contribution in [-0.4, -0.2) is 56.3 Å². The van der Waals surface area contributed by atoms with Crippen molar-refractivity contribution in [1.29, 1.82) is 0 Å². The maximum atomic E-state index is 5.32. The molecular weight excluding hydrogens is 600 g/mol. The molecule has 46 heavy (non-hydrogen) atoms. The van der Waals surface area contributed by atoms with Crippen LogP contribution in [0.2, 0.25) is 0 Å². The maximum Gasteiger partial charge on any atom is 0.178 e. The molecule has 4 nitrogen and oxygen atoms in total. The molecule has 0 saturated heterocycles. The Morgan fingerprint density at radius 1 is 0.391 bits per heavy atom. The Balaban J connectivity index is 1.31. The van der Waals surface area contributed by atoms with Crippen molar-refractivity contribution in [3.63, 3.8) is 0 Å². The fourth-order valence-electron chi connectivity index (χ4n) is 7.22. The zero-order valence-electron chi connectivity index (χ0n) is 27.1. The first-order chi connectivity index (χ1) is 22.2. The van der Waals surface area contributed by atoms with E-state index in [1.807, 2.05) is 0 Å². The minimum Gasteiger partial charge on any atom is -0.251 e. The van der Waals surface area contributed by atoms with Gasteiger partial charge in [-0.1, -0.05) is 48.5 Å². The van der Waals surface area contributed by atoms with Crippen molar-refractivity contribution < 1.29 is 0 Å². The summed E-state index contributed by atoms with van der Waals surface area (Å²) >= 11 is 1.61. The van der Waals surface area contributed by atoms with Crippen molar-refractivity contribution in [3.8, 4) is 0 Å². The van der Waals surface area contributed by atoms with E-state index in [1.165, 1.54) is 80.3 Å². The molecule has 0 aliphatic carbocycles. The number of nitrogens with zero attached hydrogens (tertiary/aromatic N) is 4. The number of hydrogen-bond donors (Lipinski definition) is 0. The molecule has 0 radical (unpaired) electrons. The quantitative estimate of drug-likeness (QED) is 0.0811. The molecule has 0 spiro atoms. The van der Waals surface area contributed by atoms with E-state index < -0.39 is 7.51 Å². The van der Waals surface area contributed by atoms with Crippen LogP contribution in [0.25, 0.3) is 75.4 Å². The van der Waals surface area contributed by atoms with Crippen molar-refractivity contribution in [2.75, 3.05) is 42.3 Å². The van der Waals surface area contributed by atoms with Gasteiger partial charge in [0.15, 0.2) is 7.51 Å². The Morgan fingerprint density at radius 3 is 1.26 bits per heavy atom. The summed E-state index contributed by atoms with van der Waals surface area (Å²) in [6.45, 7) is 0. The maximum absolute atomic E-state index is 5.32. The fraction of sp³-hybridized carbons (Fsp3) is 0.150. The molecular formula is C40H37N4PS. The van der Waals surface area contributed by atoms with Crippen molar-refractivity contribution in [2.45, 2.75) is 4.90 Å². The lowest BCUT2D eigenvalue weighted by atomic mass is 9.93. The van der Waals surface area contributed by atoms with Gasteiger partial charge in [-0.15, -0.1) is 0 Å². The van der Waals surface area contributed by atoms with Crippen LogP contribution in [0.5, 0.6) is 0 Å². The average Bonchev–Trinajstić information content (AvgIpc) is 3.03. The summed E-state index contributed by atoms with van der Waals surface area (Å²) in [5, 5.41) is 17.8. The van der Waals surface area contributed by atoms with E-state index in [9.17, 15) is 0 Å².